The molecule has 0 saturated carbocycles. The van der Waals surface area contributed by atoms with Crippen molar-refractivity contribution in [2.75, 3.05) is 0 Å². The van der Waals surface area contributed by atoms with Crippen LogP contribution >= 0.6 is 0 Å². The largest absolute Gasteiger partial charge is 0.387 e. The van der Waals surface area contributed by atoms with E-state index in [2.05, 4.69) is 37.9 Å². The van der Waals surface area contributed by atoms with E-state index >= 15 is 0 Å². The fourth-order valence-electron chi connectivity index (χ4n) is 1.57. The highest BCUT2D eigenvalue weighted by molar-refractivity contribution is 5.83. The number of hydrogen-bond acceptors (Lipinski definition) is 1. The first-order chi connectivity index (χ1) is 6.54. The first kappa shape index (κ1) is 10.8. The van der Waals surface area contributed by atoms with Gasteiger partial charge in [0.15, 0.2) is 0 Å². The van der Waals surface area contributed by atoms with Gasteiger partial charge in [0.05, 0.1) is 11.5 Å². The van der Waals surface area contributed by atoms with E-state index in [1.165, 1.54) is 16.7 Å². The third kappa shape index (κ3) is 2.34. The second-order valence-corrected chi connectivity index (χ2v) is 3.70. The van der Waals surface area contributed by atoms with Crippen LogP contribution in [0.5, 0.6) is 0 Å². The van der Waals surface area contributed by atoms with Crippen molar-refractivity contribution in [3.63, 3.8) is 0 Å². The smallest absolute Gasteiger partial charge is 0.0993 e. The van der Waals surface area contributed by atoms with E-state index in [0.717, 1.165) is 12.1 Å². The molecule has 0 aliphatic heterocycles. The molecule has 0 bridgehead atoms. The molecule has 0 aromatic heterocycles. The number of aryl methyl sites for hydroxylation is 3. The van der Waals surface area contributed by atoms with Crippen LogP contribution < -0.4 is 5.73 Å². The minimum Gasteiger partial charge on any atom is -0.387 e. The van der Waals surface area contributed by atoms with Crippen LogP contribution in [0.2, 0.25) is 0 Å². The standard InChI is InChI=1S/C12H18N2/c1-5-11(13)14-12-9(3)6-8(2)7-10(12)4/h6-7H,5H2,1-4H3,(H2,13,14). The van der Waals surface area contributed by atoms with Gasteiger partial charge in [-0.05, 0) is 31.9 Å². The molecule has 0 spiro atoms. The molecule has 0 saturated heterocycles. The molecule has 76 valence electrons. The van der Waals surface area contributed by atoms with Gasteiger partial charge in [0.1, 0.15) is 0 Å². The zero-order valence-corrected chi connectivity index (χ0v) is 9.39. The molecule has 2 heteroatoms. The molecule has 1 aromatic rings. The van der Waals surface area contributed by atoms with E-state index in [1.54, 1.807) is 0 Å². The number of amidine groups is 1. The summed E-state index contributed by atoms with van der Waals surface area (Å²) in [5.41, 5.74) is 10.4. The first-order valence-electron chi connectivity index (χ1n) is 4.95. The van der Waals surface area contributed by atoms with Gasteiger partial charge in [-0.25, -0.2) is 4.99 Å². The maximum atomic E-state index is 5.73. The van der Waals surface area contributed by atoms with E-state index in [9.17, 15) is 0 Å². The molecule has 0 aliphatic carbocycles. The second kappa shape index (κ2) is 4.27. The minimum absolute atomic E-state index is 0.694. The van der Waals surface area contributed by atoms with Crippen molar-refractivity contribution in [3.8, 4) is 0 Å². The Balaban J connectivity index is 3.21. The van der Waals surface area contributed by atoms with Crippen molar-refractivity contribution in [1.82, 2.24) is 0 Å². The zero-order valence-electron chi connectivity index (χ0n) is 9.39. The van der Waals surface area contributed by atoms with Gasteiger partial charge in [-0.1, -0.05) is 24.6 Å². The third-order valence-electron chi connectivity index (χ3n) is 2.25. The van der Waals surface area contributed by atoms with Crippen molar-refractivity contribution in [2.45, 2.75) is 34.1 Å². The van der Waals surface area contributed by atoms with Gasteiger partial charge < -0.3 is 5.73 Å². The Morgan fingerprint density at radius 1 is 1.21 bits per heavy atom. The van der Waals surface area contributed by atoms with E-state index in [1.807, 2.05) is 6.92 Å². The predicted octanol–water partition coefficient (Wildman–Crippen LogP) is 3.01. The van der Waals surface area contributed by atoms with Crippen LogP contribution in [-0.2, 0) is 0 Å². The molecule has 2 nitrogen and oxygen atoms in total. The summed E-state index contributed by atoms with van der Waals surface area (Å²) >= 11 is 0. The summed E-state index contributed by atoms with van der Waals surface area (Å²) in [6.07, 6.45) is 0.798. The quantitative estimate of drug-likeness (QED) is 0.565. The fraction of sp³-hybridized carbons (Fsp3) is 0.417. The maximum absolute atomic E-state index is 5.73. The lowest BCUT2D eigenvalue weighted by Crippen LogP contribution is -2.09. The summed E-state index contributed by atoms with van der Waals surface area (Å²) in [6, 6.07) is 4.27. The summed E-state index contributed by atoms with van der Waals surface area (Å²) in [5, 5.41) is 0. The number of rotatable bonds is 2. The summed E-state index contributed by atoms with van der Waals surface area (Å²) in [6.45, 7) is 8.25. The second-order valence-electron chi connectivity index (χ2n) is 3.70. The molecule has 0 fully saturated rings. The number of benzene rings is 1. The van der Waals surface area contributed by atoms with Crippen LogP contribution in [0.4, 0.5) is 5.69 Å². The lowest BCUT2D eigenvalue weighted by Gasteiger charge is -2.07. The van der Waals surface area contributed by atoms with Crippen LogP contribution in [0.3, 0.4) is 0 Å². The van der Waals surface area contributed by atoms with Crippen molar-refractivity contribution in [3.05, 3.63) is 28.8 Å². The number of nitrogens with two attached hydrogens (primary N) is 1. The van der Waals surface area contributed by atoms with Crippen molar-refractivity contribution >= 4 is 11.5 Å². The molecule has 1 aromatic carbocycles. The van der Waals surface area contributed by atoms with Crippen molar-refractivity contribution < 1.29 is 0 Å². The molecule has 2 N–H and O–H groups in total. The van der Waals surface area contributed by atoms with Crippen LogP contribution in [0, 0.1) is 20.8 Å². The molecule has 0 radical (unpaired) electrons. The molecule has 0 unspecified atom stereocenters. The highest BCUT2D eigenvalue weighted by atomic mass is 14.9. The van der Waals surface area contributed by atoms with Gasteiger partial charge in [0, 0.05) is 6.42 Å². The number of hydrogen-bond donors (Lipinski definition) is 1. The number of nitrogens with zero attached hydrogens (tertiary/aromatic N) is 1. The fourth-order valence-corrected chi connectivity index (χ4v) is 1.57. The molecule has 1 rings (SSSR count). The Hall–Kier alpha value is -1.31. The van der Waals surface area contributed by atoms with Gasteiger partial charge in [-0.3, -0.25) is 0 Å². The molecular formula is C12H18N2. The highest BCUT2D eigenvalue weighted by Gasteiger charge is 2.02. The van der Waals surface area contributed by atoms with Gasteiger partial charge in [-0.15, -0.1) is 0 Å². The topological polar surface area (TPSA) is 38.4 Å². The van der Waals surface area contributed by atoms with Crippen LogP contribution in [-0.4, -0.2) is 5.84 Å². The normalized spacial score (nSPS) is 11.9. The molecule has 0 atom stereocenters. The summed E-state index contributed by atoms with van der Waals surface area (Å²) in [7, 11) is 0. The minimum atomic E-state index is 0.694. The van der Waals surface area contributed by atoms with Crippen LogP contribution in [0.1, 0.15) is 30.0 Å². The summed E-state index contributed by atoms with van der Waals surface area (Å²) in [4.78, 5) is 4.41. The average Bonchev–Trinajstić information content (AvgIpc) is 2.10. The number of aliphatic imine (C=N–C) groups is 1. The van der Waals surface area contributed by atoms with E-state index in [-0.39, 0.29) is 0 Å². The van der Waals surface area contributed by atoms with E-state index < -0.39 is 0 Å². The Morgan fingerprint density at radius 2 is 1.71 bits per heavy atom. The van der Waals surface area contributed by atoms with Crippen molar-refractivity contribution in [1.29, 1.82) is 0 Å². The monoisotopic (exact) mass is 190 g/mol. The van der Waals surface area contributed by atoms with E-state index in [0.29, 0.717) is 5.84 Å². The van der Waals surface area contributed by atoms with Gasteiger partial charge in [-0.2, -0.15) is 0 Å². The van der Waals surface area contributed by atoms with Gasteiger partial charge in [0.2, 0.25) is 0 Å². The Labute approximate surface area is 85.9 Å². The molecule has 0 amide bonds. The molecular weight excluding hydrogens is 172 g/mol. The first-order valence-corrected chi connectivity index (χ1v) is 4.95. The molecule has 0 aliphatic rings. The Bertz CT molecular complexity index is 342. The van der Waals surface area contributed by atoms with Crippen LogP contribution in [0.15, 0.2) is 17.1 Å². The summed E-state index contributed by atoms with van der Waals surface area (Å²) in [5.74, 6) is 0.694. The van der Waals surface area contributed by atoms with E-state index in [4.69, 9.17) is 5.73 Å². The highest BCUT2D eigenvalue weighted by Crippen LogP contribution is 2.24. The third-order valence-corrected chi connectivity index (χ3v) is 2.25. The lowest BCUT2D eigenvalue weighted by molar-refractivity contribution is 1.21. The van der Waals surface area contributed by atoms with Gasteiger partial charge >= 0.3 is 0 Å². The lowest BCUT2D eigenvalue weighted by atomic mass is 10.1. The molecule has 0 heterocycles. The van der Waals surface area contributed by atoms with Crippen LogP contribution in [0.25, 0.3) is 0 Å². The Morgan fingerprint density at radius 3 is 2.14 bits per heavy atom. The maximum Gasteiger partial charge on any atom is 0.0993 e. The molecule has 14 heavy (non-hydrogen) atoms. The summed E-state index contributed by atoms with van der Waals surface area (Å²) < 4.78 is 0. The predicted molar refractivity (Wildman–Crippen MR) is 62.2 cm³/mol. The average molecular weight is 190 g/mol. The van der Waals surface area contributed by atoms with Gasteiger partial charge in [0.25, 0.3) is 0 Å². The SMILES string of the molecule is CCC(N)=Nc1c(C)cc(C)cc1C. The zero-order chi connectivity index (χ0) is 10.7. The van der Waals surface area contributed by atoms with Crippen molar-refractivity contribution in [2.24, 2.45) is 10.7 Å². The Kier molecular flexibility index (Phi) is 3.28.